The summed E-state index contributed by atoms with van der Waals surface area (Å²) in [5, 5.41) is 6.03. The van der Waals surface area contributed by atoms with Crippen LogP contribution in [0.2, 0.25) is 0 Å². The van der Waals surface area contributed by atoms with Gasteiger partial charge in [0, 0.05) is 23.9 Å². The van der Waals surface area contributed by atoms with E-state index in [2.05, 4.69) is 20.6 Å². The Labute approximate surface area is 164 Å². The largest absolute Gasteiger partial charge is 0.347 e. The van der Waals surface area contributed by atoms with E-state index in [9.17, 15) is 9.59 Å². The smallest absolute Gasteiger partial charge is 0.270 e. The molecular weight excluding hydrogens is 352 g/mol. The minimum absolute atomic E-state index is 0.0150. The third kappa shape index (κ3) is 4.79. The highest BCUT2D eigenvalue weighted by Crippen LogP contribution is 2.17. The SMILES string of the molecule is CC(=O)c1cccc(Nc2cc(C(=O)NCc3ccccc3C)nc(C)n2)c1. The Hall–Kier alpha value is -3.54. The zero-order valence-corrected chi connectivity index (χ0v) is 16.1. The summed E-state index contributed by atoms with van der Waals surface area (Å²) in [7, 11) is 0. The van der Waals surface area contributed by atoms with Crippen LogP contribution in [0.25, 0.3) is 0 Å². The van der Waals surface area contributed by atoms with Crippen LogP contribution in [-0.2, 0) is 6.54 Å². The van der Waals surface area contributed by atoms with E-state index in [1.165, 1.54) is 6.92 Å². The van der Waals surface area contributed by atoms with Crippen LogP contribution in [0.3, 0.4) is 0 Å². The maximum absolute atomic E-state index is 12.6. The molecule has 0 bridgehead atoms. The second-order valence-corrected chi connectivity index (χ2v) is 6.56. The highest BCUT2D eigenvalue weighted by Gasteiger charge is 2.11. The Kier molecular flexibility index (Phi) is 5.79. The first-order chi connectivity index (χ1) is 13.4. The summed E-state index contributed by atoms with van der Waals surface area (Å²) >= 11 is 0. The predicted molar refractivity (Wildman–Crippen MR) is 109 cm³/mol. The molecule has 0 saturated heterocycles. The average Bonchev–Trinajstić information content (AvgIpc) is 2.67. The molecule has 0 aliphatic rings. The van der Waals surface area contributed by atoms with Gasteiger partial charge in [0.15, 0.2) is 5.78 Å². The van der Waals surface area contributed by atoms with Gasteiger partial charge in [-0.2, -0.15) is 0 Å². The highest BCUT2D eigenvalue weighted by molar-refractivity contribution is 5.95. The number of carbonyl (C=O) groups is 2. The van der Waals surface area contributed by atoms with Gasteiger partial charge in [-0.3, -0.25) is 9.59 Å². The van der Waals surface area contributed by atoms with Crippen molar-refractivity contribution < 1.29 is 9.59 Å². The molecule has 0 radical (unpaired) electrons. The van der Waals surface area contributed by atoms with E-state index < -0.39 is 0 Å². The topological polar surface area (TPSA) is 84.0 Å². The monoisotopic (exact) mass is 374 g/mol. The summed E-state index contributed by atoms with van der Waals surface area (Å²) in [5.74, 6) is 0.691. The molecule has 0 spiro atoms. The molecule has 2 aromatic carbocycles. The number of hydrogen-bond acceptors (Lipinski definition) is 5. The van der Waals surface area contributed by atoms with Crippen LogP contribution in [-0.4, -0.2) is 21.7 Å². The maximum atomic E-state index is 12.6. The number of hydrogen-bond donors (Lipinski definition) is 2. The molecule has 2 N–H and O–H groups in total. The number of benzene rings is 2. The number of Topliss-reactive ketones (excluding diaryl/α,β-unsaturated/α-hetero) is 1. The lowest BCUT2D eigenvalue weighted by Gasteiger charge is -2.10. The van der Waals surface area contributed by atoms with Gasteiger partial charge < -0.3 is 10.6 Å². The van der Waals surface area contributed by atoms with Gasteiger partial charge in [0.25, 0.3) is 5.91 Å². The number of ketones is 1. The first kappa shape index (κ1) is 19.2. The lowest BCUT2D eigenvalue weighted by molar-refractivity contribution is 0.0944. The minimum Gasteiger partial charge on any atom is -0.347 e. The molecule has 0 fully saturated rings. The number of carbonyl (C=O) groups excluding carboxylic acids is 2. The quantitative estimate of drug-likeness (QED) is 0.638. The molecule has 0 atom stereocenters. The molecule has 3 rings (SSSR count). The standard InChI is InChI=1S/C22H22N4O2/c1-14-7-4-5-8-18(14)13-23-22(28)20-12-21(25-16(3)24-20)26-19-10-6-9-17(11-19)15(2)27/h4-12H,13H2,1-3H3,(H,23,28)(H,24,25,26). The Morgan fingerprint density at radius 3 is 2.50 bits per heavy atom. The van der Waals surface area contributed by atoms with Gasteiger partial charge in [0.2, 0.25) is 0 Å². The van der Waals surface area contributed by atoms with Crippen molar-refractivity contribution >= 4 is 23.2 Å². The van der Waals surface area contributed by atoms with E-state index in [1.54, 1.807) is 31.2 Å². The van der Waals surface area contributed by atoms with Crippen LogP contribution in [0.15, 0.2) is 54.6 Å². The summed E-state index contributed by atoms with van der Waals surface area (Å²) in [6, 6.07) is 16.6. The molecule has 6 heteroatoms. The van der Waals surface area contributed by atoms with Crippen molar-refractivity contribution in [2.24, 2.45) is 0 Å². The number of aryl methyl sites for hydroxylation is 2. The Morgan fingerprint density at radius 2 is 1.75 bits per heavy atom. The Balaban J connectivity index is 1.75. The molecular formula is C22H22N4O2. The average molecular weight is 374 g/mol. The van der Waals surface area contributed by atoms with Crippen LogP contribution in [0.5, 0.6) is 0 Å². The summed E-state index contributed by atoms with van der Waals surface area (Å²) in [6.45, 7) is 5.69. The molecule has 0 unspecified atom stereocenters. The number of nitrogens with one attached hydrogen (secondary N) is 2. The molecule has 28 heavy (non-hydrogen) atoms. The fourth-order valence-corrected chi connectivity index (χ4v) is 2.79. The second-order valence-electron chi connectivity index (χ2n) is 6.56. The summed E-state index contributed by atoms with van der Waals surface area (Å²) in [4.78, 5) is 32.7. The number of nitrogens with zero attached hydrogens (tertiary/aromatic N) is 2. The van der Waals surface area contributed by atoms with E-state index in [0.29, 0.717) is 23.8 Å². The van der Waals surface area contributed by atoms with E-state index in [0.717, 1.165) is 16.8 Å². The second kappa shape index (κ2) is 8.43. The highest BCUT2D eigenvalue weighted by atomic mass is 16.1. The van der Waals surface area contributed by atoms with Crippen molar-refractivity contribution in [3.63, 3.8) is 0 Å². The molecule has 6 nitrogen and oxygen atoms in total. The zero-order valence-electron chi connectivity index (χ0n) is 16.1. The van der Waals surface area contributed by atoms with Crippen LogP contribution in [0, 0.1) is 13.8 Å². The van der Waals surface area contributed by atoms with Gasteiger partial charge in [0.05, 0.1) is 0 Å². The van der Waals surface area contributed by atoms with Gasteiger partial charge in [-0.25, -0.2) is 9.97 Å². The minimum atomic E-state index is -0.269. The fraction of sp³-hybridized carbons (Fsp3) is 0.182. The zero-order chi connectivity index (χ0) is 20.1. The van der Waals surface area contributed by atoms with E-state index >= 15 is 0 Å². The van der Waals surface area contributed by atoms with Gasteiger partial charge in [0.1, 0.15) is 17.3 Å². The molecule has 1 amide bonds. The van der Waals surface area contributed by atoms with Crippen LogP contribution < -0.4 is 10.6 Å². The molecule has 3 aromatic rings. The van der Waals surface area contributed by atoms with E-state index in [1.807, 2.05) is 37.3 Å². The summed E-state index contributed by atoms with van der Waals surface area (Å²) in [6.07, 6.45) is 0. The van der Waals surface area contributed by atoms with Crippen molar-refractivity contribution in [1.82, 2.24) is 15.3 Å². The van der Waals surface area contributed by atoms with Gasteiger partial charge >= 0.3 is 0 Å². The van der Waals surface area contributed by atoms with Crippen molar-refractivity contribution in [3.8, 4) is 0 Å². The van der Waals surface area contributed by atoms with E-state index in [-0.39, 0.29) is 17.4 Å². The molecule has 142 valence electrons. The van der Waals surface area contributed by atoms with Crippen molar-refractivity contribution in [1.29, 1.82) is 0 Å². The lowest BCUT2D eigenvalue weighted by Crippen LogP contribution is -2.24. The van der Waals surface area contributed by atoms with Crippen molar-refractivity contribution in [2.45, 2.75) is 27.3 Å². The Bertz CT molecular complexity index is 1030. The summed E-state index contributed by atoms with van der Waals surface area (Å²) < 4.78 is 0. The van der Waals surface area contributed by atoms with E-state index in [4.69, 9.17) is 0 Å². The number of anilines is 2. The molecule has 1 aromatic heterocycles. The molecule has 0 aliphatic carbocycles. The molecule has 1 heterocycles. The number of rotatable bonds is 6. The third-order valence-corrected chi connectivity index (χ3v) is 4.31. The normalized spacial score (nSPS) is 10.4. The Morgan fingerprint density at radius 1 is 0.964 bits per heavy atom. The van der Waals surface area contributed by atoms with Crippen molar-refractivity contribution in [2.75, 3.05) is 5.32 Å². The van der Waals surface area contributed by atoms with Crippen molar-refractivity contribution in [3.05, 3.63) is 82.8 Å². The van der Waals surface area contributed by atoms with Crippen LogP contribution >= 0.6 is 0 Å². The summed E-state index contributed by atoms with van der Waals surface area (Å²) in [5.41, 5.74) is 3.78. The maximum Gasteiger partial charge on any atom is 0.270 e. The van der Waals surface area contributed by atoms with Gasteiger partial charge in [-0.1, -0.05) is 36.4 Å². The van der Waals surface area contributed by atoms with Crippen LogP contribution in [0.1, 0.15) is 44.7 Å². The van der Waals surface area contributed by atoms with Crippen LogP contribution in [0.4, 0.5) is 11.5 Å². The number of aromatic nitrogens is 2. The molecule has 0 aliphatic heterocycles. The third-order valence-electron chi connectivity index (χ3n) is 4.31. The molecule has 0 saturated carbocycles. The predicted octanol–water partition coefficient (Wildman–Crippen LogP) is 3.97. The fourth-order valence-electron chi connectivity index (χ4n) is 2.79. The van der Waals surface area contributed by atoms with Gasteiger partial charge in [-0.15, -0.1) is 0 Å². The first-order valence-electron chi connectivity index (χ1n) is 8.99. The number of amides is 1. The first-order valence-corrected chi connectivity index (χ1v) is 8.99. The van der Waals surface area contributed by atoms with Gasteiger partial charge in [-0.05, 0) is 44.0 Å². The lowest BCUT2D eigenvalue weighted by atomic mass is 10.1.